The quantitative estimate of drug-likeness (QED) is 0.599. The summed E-state index contributed by atoms with van der Waals surface area (Å²) in [4.78, 5) is 0. The van der Waals surface area contributed by atoms with Gasteiger partial charge in [-0.25, -0.2) is 5.14 Å². The third kappa shape index (κ3) is 5.56. The van der Waals surface area contributed by atoms with Crippen molar-refractivity contribution in [3.63, 3.8) is 0 Å². The van der Waals surface area contributed by atoms with Gasteiger partial charge in [-0.1, -0.05) is 18.2 Å². The Balaban J connectivity index is 0.000000186. The lowest BCUT2D eigenvalue weighted by Gasteiger charge is -2.14. The third-order valence-corrected chi connectivity index (χ3v) is 5.42. The van der Waals surface area contributed by atoms with Crippen LogP contribution in [-0.4, -0.2) is 21.6 Å². The van der Waals surface area contributed by atoms with Gasteiger partial charge >= 0.3 is 0 Å². The molecule has 2 aromatic rings. The van der Waals surface area contributed by atoms with Crippen LogP contribution in [0.25, 0.3) is 5.76 Å². The Labute approximate surface area is 187 Å². The molecule has 2 aliphatic rings. The third-order valence-electron chi connectivity index (χ3n) is 4.92. The van der Waals surface area contributed by atoms with Gasteiger partial charge in [0, 0.05) is 24.2 Å². The van der Waals surface area contributed by atoms with E-state index in [1.165, 1.54) is 6.07 Å². The molecule has 0 saturated carbocycles. The summed E-state index contributed by atoms with van der Waals surface area (Å²) >= 11 is 0. The van der Waals surface area contributed by atoms with Gasteiger partial charge in [0.1, 0.15) is 17.9 Å². The fourth-order valence-electron chi connectivity index (χ4n) is 3.53. The van der Waals surface area contributed by atoms with Gasteiger partial charge in [-0.15, -0.1) is 0 Å². The highest BCUT2D eigenvalue weighted by atomic mass is 32.2. The van der Waals surface area contributed by atoms with Crippen LogP contribution in [0.1, 0.15) is 47.6 Å². The number of nitriles is 2. The van der Waals surface area contributed by atoms with Crippen LogP contribution in [0, 0.1) is 22.7 Å². The molecule has 32 heavy (non-hydrogen) atoms. The average Bonchev–Trinajstić information content (AvgIpc) is 3.47. The maximum absolute atomic E-state index is 11.0. The molecule has 0 amide bonds. The minimum Gasteiger partial charge on any atom is -0.493 e. The van der Waals surface area contributed by atoms with Crippen molar-refractivity contribution in [2.45, 2.75) is 25.4 Å². The number of nitrogen functional groups attached to an aromatic ring is 1. The second kappa shape index (κ2) is 10.2. The van der Waals surface area contributed by atoms with Crippen LogP contribution in [0.5, 0.6) is 0 Å². The van der Waals surface area contributed by atoms with Crippen molar-refractivity contribution < 1.29 is 17.9 Å². The fraction of sp³-hybridized carbons (Fsp3) is 0.273. The number of hydrogen-bond acceptors (Lipinski definition) is 7. The summed E-state index contributed by atoms with van der Waals surface area (Å²) in [6.07, 6.45) is 4.49. The van der Waals surface area contributed by atoms with Crippen molar-refractivity contribution in [2.75, 3.05) is 23.7 Å². The lowest BCUT2D eigenvalue weighted by molar-refractivity contribution is 0.112. The monoisotopic (exact) mass is 453 g/mol. The van der Waals surface area contributed by atoms with E-state index < -0.39 is 10.2 Å². The molecule has 4 rings (SSSR count). The summed E-state index contributed by atoms with van der Waals surface area (Å²) in [5.74, 6) is 0.772. The molecule has 2 aliphatic heterocycles. The van der Waals surface area contributed by atoms with E-state index in [1.807, 2.05) is 24.3 Å². The van der Waals surface area contributed by atoms with Crippen LogP contribution in [0.15, 0.2) is 42.5 Å². The molecule has 1 unspecified atom stereocenters. The SMILES string of the molecule is N#Cc1c(N)cccc1C1=CCCO1.N#Cc1c(NS(N)(=O)=O)cccc1C1CCCO1. The molecule has 0 aliphatic carbocycles. The van der Waals surface area contributed by atoms with E-state index in [9.17, 15) is 13.7 Å². The van der Waals surface area contributed by atoms with Gasteiger partial charge < -0.3 is 15.2 Å². The van der Waals surface area contributed by atoms with Crippen molar-refractivity contribution in [3.8, 4) is 12.1 Å². The summed E-state index contributed by atoms with van der Waals surface area (Å²) < 4.78 is 35.1. The van der Waals surface area contributed by atoms with E-state index in [1.54, 1.807) is 18.2 Å². The molecule has 2 heterocycles. The van der Waals surface area contributed by atoms with Gasteiger partial charge in [0.05, 0.1) is 35.2 Å². The van der Waals surface area contributed by atoms with Crippen LogP contribution >= 0.6 is 0 Å². The number of ether oxygens (including phenoxy) is 2. The number of rotatable bonds is 4. The van der Waals surface area contributed by atoms with E-state index in [4.69, 9.17) is 25.6 Å². The molecule has 2 aromatic carbocycles. The molecule has 1 saturated heterocycles. The summed E-state index contributed by atoms with van der Waals surface area (Å²) in [6.45, 7) is 1.34. The van der Waals surface area contributed by atoms with Gasteiger partial charge in [0.2, 0.25) is 0 Å². The minimum absolute atomic E-state index is 0.151. The second-order valence-electron chi connectivity index (χ2n) is 7.12. The smallest absolute Gasteiger partial charge is 0.296 e. The molecule has 1 atom stereocenters. The predicted molar refractivity (Wildman–Crippen MR) is 120 cm³/mol. The first-order chi connectivity index (χ1) is 15.3. The first-order valence-corrected chi connectivity index (χ1v) is 11.5. The molecule has 0 spiro atoms. The zero-order chi connectivity index (χ0) is 23.1. The van der Waals surface area contributed by atoms with Gasteiger partial charge in [-0.2, -0.15) is 18.9 Å². The Hall–Kier alpha value is -3.57. The van der Waals surface area contributed by atoms with E-state index in [-0.39, 0.29) is 17.4 Å². The summed E-state index contributed by atoms with van der Waals surface area (Å²) in [6, 6.07) is 14.4. The van der Waals surface area contributed by atoms with Crippen LogP contribution in [0.3, 0.4) is 0 Å². The van der Waals surface area contributed by atoms with Crippen molar-refractivity contribution in [2.24, 2.45) is 5.14 Å². The lowest BCUT2D eigenvalue weighted by Crippen LogP contribution is -2.22. The highest BCUT2D eigenvalue weighted by molar-refractivity contribution is 7.90. The standard InChI is InChI=1S/C11H13N3O3S.C11H10N2O/c12-7-9-8(11-5-2-6-17-11)3-1-4-10(9)14-18(13,15)16;12-7-9-8(3-1-4-10(9)13)11-5-2-6-14-11/h1,3-4,11,14H,2,5-6H2,(H2,13,15,16);1,3-5H,2,6,13H2. The normalized spacial score (nSPS) is 17.2. The number of nitrogens with zero attached hydrogens (tertiary/aromatic N) is 2. The van der Waals surface area contributed by atoms with Crippen LogP contribution < -0.4 is 15.6 Å². The van der Waals surface area contributed by atoms with E-state index in [0.29, 0.717) is 30.0 Å². The van der Waals surface area contributed by atoms with E-state index in [2.05, 4.69) is 10.8 Å². The molecular formula is C22H23N5O4S. The first kappa shape index (κ1) is 23.1. The van der Waals surface area contributed by atoms with Gasteiger partial charge in [0.25, 0.3) is 10.2 Å². The van der Waals surface area contributed by atoms with Gasteiger partial charge in [-0.3, -0.25) is 4.72 Å². The molecule has 1 fully saturated rings. The summed E-state index contributed by atoms with van der Waals surface area (Å²) in [5.41, 5.74) is 8.64. The van der Waals surface area contributed by atoms with E-state index in [0.717, 1.165) is 30.6 Å². The second-order valence-corrected chi connectivity index (χ2v) is 8.41. The van der Waals surface area contributed by atoms with Gasteiger partial charge in [0.15, 0.2) is 0 Å². The minimum atomic E-state index is -3.89. The molecule has 0 radical (unpaired) electrons. The first-order valence-electron chi connectivity index (χ1n) is 9.91. The maximum Gasteiger partial charge on any atom is 0.296 e. The van der Waals surface area contributed by atoms with Crippen molar-refractivity contribution >= 4 is 27.3 Å². The van der Waals surface area contributed by atoms with E-state index >= 15 is 0 Å². The molecule has 9 nitrogen and oxygen atoms in total. The van der Waals surface area contributed by atoms with Crippen molar-refractivity contribution in [3.05, 3.63) is 64.7 Å². The fourth-order valence-corrected chi connectivity index (χ4v) is 4.01. The number of nitrogens with one attached hydrogen (secondary N) is 1. The molecule has 10 heteroatoms. The summed E-state index contributed by atoms with van der Waals surface area (Å²) in [5, 5.41) is 23.0. The average molecular weight is 454 g/mol. The van der Waals surface area contributed by atoms with Crippen LogP contribution in [0.2, 0.25) is 0 Å². The topological polar surface area (TPSA) is 164 Å². The number of benzene rings is 2. The Bertz CT molecular complexity index is 1210. The highest BCUT2D eigenvalue weighted by Gasteiger charge is 2.23. The number of nitrogens with two attached hydrogens (primary N) is 2. The van der Waals surface area contributed by atoms with Crippen LogP contribution in [-0.2, 0) is 19.7 Å². The zero-order valence-corrected chi connectivity index (χ0v) is 18.1. The Morgan fingerprint density at radius 1 is 1.06 bits per heavy atom. The molecule has 5 N–H and O–H groups in total. The molecular weight excluding hydrogens is 430 g/mol. The Kier molecular flexibility index (Phi) is 7.33. The maximum atomic E-state index is 11.0. The number of anilines is 2. The highest BCUT2D eigenvalue weighted by Crippen LogP contribution is 2.33. The van der Waals surface area contributed by atoms with Crippen molar-refractivity contribution in [1.29, 1.82) is 10.5 Å². The largest absolute Gasteiger partial charge is 0.493 e. The van der Waals surface area contributed by atoms with Crippen LogP contribution in [0.4, 0.5) is 11.4 Å². The lowest BCUT2D eigenvalue weighted by atomic mass is 10.00. The van der Waals surface area contributed by atoms with Crippen molar-refractivity contribution in [1.82, 2.24) is 0 Å². The molecule has 166 valence electrons. The zero-order valence-electron chi connectivity index (χ0n) is 17.2. The summed E-state index contributed by atoms with van der Waals surface area (Å²) in [7, 11) is -3.89. The number of hydrogen-bond donors (Lipinski definition) is 3. The van der Waals surface area contributed by atoms with Gasteiger partial charge in [-0.05, 0) is 37.1 Å². The Morgan fingerprint density at radius 3 is 2.41 bits per heavy atom. The predicted octanol–water partition coefficient (Wildman–Crippen LogP) is 2.93. The molecule has 0 aromatic heterocycles. The molecule has 0 bridgehead atoms. The Morgan fingerprint density at radius 2 is 1.81 bits per heavy atom.